The van der Waals surface area contributed by atoms with E-state index >= 15 is 0 Å². The van der Waals surface area contributed by atoms with Crippen LogP contribution in [0.1, 0.15) is 29.2 Å². The van der Waals surface area contributed by atoms with Gasteiger partial charge in [0.05, 0.1) is 10.6 Å². The van der Waals surface area contributed by atoms with E-state index in [2.05, 4.69) is 5.32 Å². The molecular formula is C34H37N3O4S. The minimum Gasteiger partial charge on any atom is -0.355 e. The van der Waals surface area contributed by atoms with E-state index in [1.165, 1.54) is 21.3 Å². The number of carbonyl (C=O) groups is 2. The third-order valence-electron chi connectivity index (χ3n) is 7.27. The summed E-state index contributed by atoms with van der Waals surface area (Å²) in [7, 11) is -4.12. The molecule has 2 amide bonds. The van der Waals surface area contributed by atoms with Gasteiger partial charge in [-0.25, -0.2) is 8.42 Å². The summed E-state index contributed by atoms with van der Waals surface area (Å²) in [5.74, 6) is -0.777. The van der Waals surface area contributed by atoms with Crippen molar-refractivity contribution in [1.82, 2.24) is 10.2 Å². The van der Waals surface area contributed by atoms with Crippen molar-refractivity contribution in [3.05, 3.63) is 131 Å². The summed E-state index contributed by atoms with van der Waals surface area (Å²) in [6.45, 7) is 5.64. The molecule has 0 fully saturated rings. The van der Waals surface area contributed by atoms with Crippen molar-refractivity contribution in [2.45, 2.75) is 44.7 Å². The van der Waals surface area contributed by atoms with Gasteiger partial charge < -0.3 is 10.2 Å². The Hall–Kier alpha value is -4.43. The maximum atomic E-state index is 14.4. The van der Waals surface area contributed by atoms with E-state index < -0.39 is 28.5 Å². The Bertz CT molecular complexity index is 1590. The van der Waals surface area contributed by atoms with E-state index in [1.54, 1.807) is 30.3 Å². The molecule has 8 heteroatoms. The zero-order chi connectivity index (χ0) is 30.1. The predicted molar refractivity (Wildman–Crippen MR) is 166 cm³/mol. The zero-order valence-electron chi connectivity index (χ0n) is 24.2. The highest BCUT2D eigenvalue weighted by Gasteiger charge is 2.35. The van der Waals surface area contributed by atoms with E-state index in [0.29, 0.717) is 12.2 Å². The van der Waals surface area contributed by atoms with Gasteiger partial charge >= 0.3 is 0 Å². The maximum Gasteiger partial charge on any atom is 0.264 e. The number of amides is 2. The van der Waals surface area contributed by atoms with Crippen LogP contribution in [-0.2, 0) is 32.6 Å². The summed E-state index contributed by atoms with van der Waals surface area (Å²) < 4.78 is 29.3. The van der Waals surface area contributed by atoms with Gasteiger partial charge in [0.25, 0.3) is 10.0 Å². The van der Waals surface area contributed by atoms with Crippen LogP contribution in [0.5, 0.6) is 0 Å². The van der Waals surface area contributed by atoms with Crippen LogP contribution in [-0.4, -0.2) is 44.3 Å². The van der Waals surface area contributed by atoms with Gasteiger partial charge in [0.2, 0.25) is 11.8 Å². The Morgan fingerprint density at radius 3 is 1.93 bits per heavy atom. The number of nitrogens with zero attached hydrogens (tertiary/aromatic N) is 2. The van der Waals surface area contributed by atoms with Crippen molar-refractivity contribution in [1.29, 1.82) is 0 Å². The molecule has 0 saturated heterocycles. The summed E-state index contributed by atoms with van der Waals surface area (Å²) in [6.07, 6.45) is 0.278. The average molecular weight is 584 g/mol. The second-order valence-corrected chi connectivity index (χ2v) is 12.0. The Labute approximate surface area is 248 Å². The smallest absolute Gasteiger partial charge is 0.264 e. The lowest BCUT2D eigenvalue weighted by atomic mass is 10.0. The Morgan fingerprint density at radius 1 is 0.762 bits per heavy atom. The van der Waals surface area contributed by atoms with Crippen LogP contribution in [0, 0.1) is 13.8 Å². The van der Waals surface area contributed by atoms with Gasteiger partial charge in [0.15, 0.2) is 0 Å². The van der Waals surface area contributed by atoms with Crippen LogP contribution >= 0.6 is 0 Å². The number of sulfonamides is 1. The molecule has 42 heavy (non-hydrogen) atoms. The molecule has 0 aliphatic rings. The van der Waals surface area contributed by atoms with Crippen molar-refractivity contribution in [2.24, 2.45) is 0 Å². The molecule has 0 heterocycles. The fraction of sp³-hybridized carbons (Fsp3) is 0.235. The van der Waals surface area contributed by atoms with Gasteiger partial charge in [-0.15, -0.1) is 0 Å². The average Bonchev–Trinajstić information content (AvgIpc) is 3.00. The molecule has 0 saturated carbocycles. The minimum atomic E-state index is -4.12. The first-order valence-corrected chi connectivity index (χ1v) is 15.5. The molecule has 0 radical (unpaired) electrons. The largest absolute Gasteiger partial charge is 0.355 e. The van der Waals surface area contributed by atoms with Crippen molar-refractivity contribution < 1.29 is 18.0 Å². The van der Waals surface area contributed by atoms with Crippen molar-refractivity contribution in [2.75, 3.05) is 17.4 Å². The van der Waals surface area contributed by atoms with E-state index in [-0.39, 0.29) is 23.8 Å². The monoisotopic (exact) mass is 583 g/mol. The van der Waals surface area contributed by atoms with E-state index in [4.69, 9.17) is 0 Å². The highest BCUT2D eigenvalue weighted by Crippen LogP contribution is 2.29. The molecule has 0 aliphatic heterocycles. The van der Waals surface area contributed by atoms with Crippen LogP contribution in [0.15, 0.2) is 114 Å². The summed E-state index contributed by atoms with van der Waals surface area (Å²) in [6, 6.07) is 31.6. The normalized spacial score (nSPS) is 11.9. The first-order valence-electron chi connectivity index (χ1n) is 14.0. The van der Waals surface area contributed by atoms with Gasteiger partial charge in [0, 0.05) is 19.5 Å². The third-order valence-corrected chi connectivity index (χ3v) is 9.05. The topological polar surface area (TPSA) is 86.8 Å². The summed E-state index contributed by atoms with van der Waals surface area (Å²) in [5, 5.41) is 2.88. The van der Waals surface area contributed by atoms with Crippen LogP contribution in [0.3, 0.4) is 0 Å². The molecule has 4 rings (SSSR count). The van der Waals surface area contributed by atoms with Crippen molar-refractivity contribution in [3.8, 4) is 0 Å². The van der Waals surface area contributed by atoms with Crippen LogP contribution in [0.25, 0.3) is 0 Å². The van der Waals surface area contributed by atoms with E-state index in [0.717, 1.165) is 22.3 Å². The second kappa shape index (κ2) is 14.0. The highest BCUT2D eigenvalue weighted by molar-refractivity contribution is 7.92. The lowest BCUT2D eigenvalue weighted by Crippen LogP contribution is -2.53. The van der Waals surface area contributed by atoms with Crippen LogP contribution in [0.4, 0.5) is 5.69 Å². The first-order chi connectivity index (χ1) is 20.2. The van der Waals surface area contributed by atoms with E-state index in [9.17, 15) is 18.0 Å². The number of hydrogen-bond donors (Lipinski definition) is 1. The fourth-order valence-electron chi connectivity index (χ4n) is 4.86. The number of aryl methyl sites for hydroxylation is 1. The number of carbonyl (C=O) groups excluding carboxylic acids is 2. The zero-order valence-corrected chi connectivity index (χ0v) is 25.1. The quantitative estimate of drug-likeness (QED) is 0.246. The lowest BCUT2D eigenvalue weighted by molar-refractivity contribution is -0.140. The molecule has 4 aromatic carbocycles. The second-order valence-electron chi connectivity index (χ2n) is 10.2. The first kappa shape index (κ1) is 30.5. The number of benzene rings is 4. The molecule has 0 spiro atoms. The fourth-order valence-corrected chi connectivity index (χ4v) is 6.36. The number of anilines is 1. The molecule has 1 atom stereocenters. The van der Waals surface area contributed by atoms with Gasteiger partial charge in [-0.1, -0.05) is 91.0 Å². The van der Waals surface area contributed by atoms with Gasteiger partial charge in [-0.05, 0) is 61.2 Å². The molecular weight excluding hydrogens is 546 g/mol. The summed E-state index contributed by atoms with van der Waals surface area (Å²) in [4.78, 5) is 29.5. The number of likely N-dealkylation sites (N-methyl/N-ethyl adjacent to an activating group) is 1. The molecule has 4 aromatic rings. The molecule has 0 unspecified atom stereocenters. The maximum absolute atomic E-state index is 14.4. The minimum absolute atomic E-state index is 0.0814. The molecule has 0 bridgehead atoms. The Morgan fingerprint density at radius 2 is 1.33 bits per heavy atom. The van der Waals surface area contributed by atoms with Gasteiger partial charge in [-0.3, -0.25) is 13.9 Å². The van der Waals surface area contributed by atoms with Crippen LogP contribution < -0.4 is 9.62 Å². The number of nitrogens with one attached hydrogen (secondary N) is 1. The number of hydrogen-bond acceptors (Lipinski definition) is 4. The van der Waals surface area contributed by atoms with Crippen molar-refractivity contribution in [3.63, 3.8) is 0 Å². The van der Waals surface area contributed by atoms with Crippen molar-refractivity contribution >= 4 is 27.5 Å². The van der Waals surface area contributed by atoms with Gasteiger partial charge in [-0.2, -0.15) is 0 Å². The molecule has 0 aliphatic carbocycles. The van der Waals surface area contributed by atoms with Gasteiger partial charge in [0.1, 0.15) is 12.6 Å². The van der Waals surface area contributed by atoms with E-state index in [1.807, 2.05) is 87.5 Å². The number of rotatable bonds is 12. The molecule has 218 valence electrons. The van der Waals surface area contributed by atoms with Crippen LogP contribution in [0.2, 0.25) is 0 Å². The summed E-state index contributed by atoms with van der Waals surface area (Å²) in [5.41, 5.74) is 3.80. The standard InChI is InChI=1S/C34H37N3O4S/c1-4-35-34(39)32(23-28-16-8-5-9-17-28)36(24-29-18-10-6-11-19-29)33(38)25-37(31-22-14-15-26(2)27(31)3)42(40,41)30-20-12-7-13-21-30/h5-22,32H,4,23-25H2,1-3H3,(H,35,39)/t32-/m1/s1. The third kappa shape index (κ3) is 7.25. The molecule has 1 N–H and O–H groups in total. The highest BCUT2D eigenvalue weighted by atomic mass is 32.2. The molecule has 7 nitrogen and oxygen atoms in total. The SMILES string of the molecule is CCNC(=O)[C@@H](Cc1ccccc1)N(Cc1ccccc1)C(=O)CN(c1cccc(C)c1C)S(=O)(=O)c1ccccc1. The predicted octanol–water partition coefficient (Wildman–Crippen LogP) is 5.27. The Kier molecular flexibility index (Phi) is 10.1. The Balaban J connectivity index is 1.81. The lowest BCUT2D eigenvalue weighted by Gasteiger charge is -2.34. The molecule has 0 aromatic heterocycles. The summed E-state index contributed by atoms with van der Waals surface area (Å²) >= 11 is 0.